The standard InChI is InChI=1S/C13H16BrClO/c1-10-7-11(3-4-12(10)15)16-9-13(8-14)5-2-6-13/h3-4,7H,2,5-6,8-9H2,1H3. The SMILES string of the molecule is Cc1cc(OCC2(CBr)CCC2)ccc1Cl. The van der Waals surface area contributed by atoms with Crippen LogP contribution in [0.15, 0.2) is 18.2 Å². The Bertz CT molecular complexity index is 369. The molecule has 0 atom stereocenters. The van der Waals surface area contributed by atoms with E-state index in [-0.39, 0.29) is 0 Å². The lowest BCUT2D eigenvalue weighted by Gasteiger charge is -2.39. The van der Waals surface area contributed by atoms with E-state index < -0.39 is 0 Å². The predicted molar refractivity (Wildman–Crippen MR) is 71.8 cm³/mol. The number of rotatable bonds is 4. The highest BCUT2D eigenvalue weighted by Crippen LogP contribution is 2.42. The molecule has 0 amide bonds. The normalized spacial score (nSPS) is 17.9. The molecule has 0 unspecified atom stereocenters. The molecule has 0 aromatic heterocycles. The molecule has 0 bridgehead atoms. The second-order valence-corrected chi connectivity index (χ2v) is 5.65. The van der Waals surface area contributed by atoms with E-state index in [4.69, 9.17) is 16.3 Å². The molecule has 1 saturated carbocycles. The first kappa shape index (κ1) is 12.3. The Morgan fingerprint density at radius 1 is 1.44 bits per heavy atom. The van der Waals surface area contributed by atoms with Crippen LogP contribution in [0.25, 0.3) is 0 Å². The van der Waals surface area contributed by atoms with Gasteiger partial charge in [-0.15, -0.1) is 0 Å². The maximum absolute atomic E-state index is 5.97. The summed E-state index contributed by atoms with van der Waals surface area (Å²) < 4.78 is 5.85. The average molecular weight is 304 g/mol. The van der Waals surface area contributed by atoms with E-state index in [1.807, 2.05) is 25.1 Å². The maximum atomic E-state index is 5.97. The molecule has 0 spiro atoms. The van der Waals surface area contributed by atoms with Gasteiger partial charge in [-0.25, -0.2) is 0 Å². The molecule has 0 heterocycles. The molecule has 1 aromatic carbocycles. The van der Waals surface area contributed by atoms with Gasteiger partial charge < -0.3 is 4.74 Å². The molecule has 0 saturated heterocycles. The fourth-order valence-corrected chi connectivity index (χ4v) is 2.78. The molecule has 2 rings (SSSR count). The molecular weight excluding hydrogens is 287 g/mol. The second-order valence-electron chi connectivity index (χ2n) is 4.69. The predicted octanol–water partition coefficient (Wildman–Crippen LogP) is 4.59. The zero-order chi connectivity index (χ0) is 11.6. The van der Waals surface area contributed by atoms with E-state index in [1.165, 1.54) is 19.3 Å². The van der Waals surface area contributed by atoms with E-state index in [2.05, 4.69) is 15.9 Å². The van der Waals surface area contributed by atoms with Gasteiger partial charge >= 0.3 is 0 Å². The van der Waals surface area contributed by atoms with Gasteiger partial charge in [0.05, 0.1) is 6.61 Å². The Morgan fingerprint density at radius 3 is 2.69 bits per heavy atom. The summed E-state index contributed by atoms with van der Waals surface area (Å²) in [4.78, 5) is 0. The van der Waals surface area contributed by atoms with Crippen LogP contribution in [0.4, 0.5) is 0 Å². The van der Waals surface area contributed by atoms with Gasteiger partial charge in [0.1, 0.15) is 5.75 Å². The summed E-state index contributed by atoms with van der Waals surface area (Å²) in [7, 11) is 0. The highest BCUT2D eigenvalue weighted by molar-refractivity contribution is 9.09. The highest BCUT2D eigenvalue weighted by atomic mass is 79.9. The zero-order valence-corrected chi connectivity index (χ0v) is 11.8. The van der Waals surface area contributed by atoms with Crippen molar-refractivity contribution in [2.75, 3.05) is 11.9 Å². The average Bonchev–Trinajstić information content (AvgIpc) is 2.22. The van der Waals surface area contributed by atoms with Gasteiger partial charge in [0.2, 0.25) is 0 Å². The Kier molecular flexibility index (Phi) is 3.81. The topological polar surface area (TPSA) is 9.23 Å². The van der Waals surface area contributed by atoms with E-state index in [9.17, 15) is 0 Å². The van der Waals surface area contributed by atoms with Crippen molar-refractivity contribution in [3.63, 3.8) is 0 Å². The second kappa shape index (κ2) is 4.97. The lowest BCUT2D eigenvalue weighted by molar-refractivity contribution is 0.0838. The lowest BCUT2D eigenvalue weighted by atomic mass is 9.71. The monoisotopic (exact) mass is 302 g/mol. The summed E-state index contributed by atoms with van der Waals surface area (Å²) in [6.45, 7) is 2.80. The van der Waals surface area contributed by atoms with Crippen LogP contribution >= 0.6 is 27.5 Å². The van der Waals surface area contributed by atoms with Crippen molar-refractivity contribution in [3.05, 3.63) is 28.8 Å². The van der Waals surface area contributed by atoms with E-state index in [1.54, 1.807) is 0 Å². The smallest absolute Gasteiger partial charge is 0.119 e. The largest absolute Gasteiger partial charge is 0.493 e. The number of alkyl halides is 1. The first-order valence-corrected chi connectivity index (χ1v) is 7.10. The number of hydrogen-bond donors (Lipinski definition) is 0. The minimum Gasteiger partial charge on any atom is -0.493 e. The van der Waals surface area contributed by atoms with E-state index in [0.29, 0.717) is 5.41 Å². The third-order valence-corrected chi connectivity index (χ3v) is 4.99. The van der Waals surface area contributed by atoms with Crippen LogP contribution in [0.3, 0.4) is 0 Å². The summed E-state index contributed by atoms with van der Waals surface area (Å²) in [5.74, 6) is 0.925. The molecule has 1 aromatic rings. The third-order valence-electron chi connectivity index (χ3n) is 3.37. The van der Waals surface area contributed by atoms with Crippen molar-refractivity contribution in [1.82, 2.24) is 0 Å². The zero-order valence-electron chi connectivity index (χ0n) is 9.43. The first-order chi connectivity index (χ1) is 7.65. The van der Waals surface area contributed by atoms with Crippen molar-refractivity contribution in [1.29, 1.82) is 0 Å². The molecule has 0 aliphatic heterocycles. The summed E-state index contributed by atoms with van der Waals surface area (Å²) in [5.41, 5.74) is 1.44. The van der Waals surface area contributed by atoms with Crippen LogP contribution in [-0.4, -0.2) is 11.9 Å². The minimum absolute atomic E-state index is 0.369. The Morgan fingerprint density at radius 2 is 2.19 bits per heavy atom. The summed E-state index contributed by atoms with van der Waals surface area (Å²) in [6, 6.07) is 5.84. The van der Waals surface area contributed by atoms with Crippen LogP contribution in [-0.2, 0) is 0 Å². The fraction of sp³-hybridized carbons (Fsp3) is 0.538. The number of benzene rings is 1. The molecule has 3 heteroatoms. The van der Waals surface area contributed by atoms with Crippen LogP contribution < -0.4 is 4.74 Å². The van der Waals surface area contributed by atoms with Gasteiger partial charge in [-0.1, -0.05) is 34.0 Å². The molecule has 88 valence electrons. The van der Waals surface area contributed by atoms with E-state index >= 15 is 0 Å². The Hall–Kier alpha value is -0.210. The van der Waals surface area contributed by atoms with Crippen LogP contribution in [0, 0.1) is 12.3 Å². The molecule has 1 aliphatic rings. The van der Waals surface area contributed by atoms with Crippen molar-refractivity contribution in [2.45, 2.75) is 26.2 Å². The maximum Gasteiger partial charge on any atom is 0.119 e. The fourth-order valence-electron chi connectivity index (χ4n) is 1.94. The van der Waals surface area contributed by atoms with Crippen molar-refractivity contribution < 1.29 is 4.74 Å². The molecular formula is C13H16BrClO. The van der Waals surface area contributed by atoms with Crippen molar-refractivity contribution in [2.24, 2.45) is 5.41 Å². The van der Waals surface area contributed by atoms with E-state index in [0.717, 1.165) is 28.3 Å². The molecule has 1 aliphatic carbocycles. The molecule has 0 radical (unpaired) electrons. The molecule has 0 N–H and O–H groups in total. The quantitative estimate of drug-likeness (QED) is 0.739. The van der Waals surface area contributed by atoms with Gasteiger partial charge in [-0.05, 0) is 43.5 Å². The number of aryl methyl sites for hydroxylation is 1. The summed E-state index contributed by atoms with van der Waals surface area (Å²) in [5, 5.41) is 1.83. The van der Waals surface area contributed by atoms with Crippen LogP contribution in [0.2, 0.25) is 5.02 Å². The Balaban J connectivity index is 1.96. The molecule has 1 nitrogen and oxygen atoms in total. The molecule has 1 fully saturated rings. The Labute approximate surface area is 110 Å². The van der Waals surface area contributed by atoms with Crippen molar-refractivity contribution in [3.8, 4) is 5.75 Å². The first-order valence-electron chi connectivity index (χ1n) is 5.60. The van der Waals surface area contributed by atoms with Gasteiger partial charge in [0.15, 0.2) is 0 Å². The van der Waals surface area contributed by atoms with Crippen LogP contribution in [0.5, 0.6) is 5.75 Å². The van der Waals surface area contributed by atoms with Gasteiger partial charge in [0, 0.05) is 15.8 Å². The summed E-state index contributed by atoms with van der Waals surface area (Å²) in [6.07, 6.45) is 3.87. The number of halogens is 2. The van der Waals surface area contributed by atoms with Gasteiger partial charge in [0.25, 0.3) is 0 Å². The van der Waals surface area contributed by atoms with Crippen molar-refractivity contribution >= 4 is 27.5 Å². The van der Waals surface area contributed by atoms with Gasteiger partial charge in [-0.3, -0.25) is 0 Å². The molecule has 16 heavy (non-hydrogen) atoms. The van der Waals surface area contributed by atoms with Crippen LogP contribution in [0.1, 0.15) is 24.8 Å². The number of hydrogen-bond acceptors (Lipinski definition) is 1. The lowest BCUT2D eigenvalue weighted by Crippen LogP contribution is -2.37. The summed E-state index contributed by atoms with van der Waals surface area (Å²) >= 11 is 9.56. The third kappa shape index (κ3) is 2.54. The minimum atomic E-state index is 0.369. The number of ether oxygens (including phenoxy) is 1. The highest BCUT2D eigenvalue weighted by Gasteiger charge is 2.36. The van der Waals surface area contributed by atoms with Gasteiger partial charge in [-0.2, -0.15) is 0 Å².